The summed E-state index contributed by atoms with van der Waals surface area (Å²) < 4.78 is 25.9. The normalized spacial score (nSPS) is 15.7. The zero-order valence-electron chi connectivity index (χ0n) is 11.1. The Labute approximate surface area is 109 Å². The van der Waals surface area contributed by atoms with Gasteiger partial charge in [-0.25, -0.2) is 8.42 Å². The molecule has 0 aliphatic carbocycles. The minimum absolute atomic E-state index is 0.623. The number of benzene rings is 1. The Hall–Kier alpha value is -1.23. The van der Waals surface area contributed by atoms with E-state index in [4.69, 9.17) is 0 Å². The Morgan fingerprint density at radius 1 is 1.28 bits per heavy atom. The molecule has 0 saturated carbocycles. The molecular formula is C13H20N2O2S. The fraction of sp³-hybridized carbons (Fsp3) is 0.538. The molecule has 0 spiro atoms. The van der Waals surface area contributed by atoms with Crippen molar-refractivity contribution in [3.63, 3.8) is 0 Å². The van der Waals surface area contributed by atoms with Gasteiger partial charge in [0.15, 0.2) is 0 Å². The highest BCUT2D eigenvalue weighted by atomic mass is 32.2. The average molecular weight is 268 g/mol. The topological polar surface area (TPSA) is 58.2 Å². The molecule has 1 heterocycles. The molecule has 5 heteroatoms. The number of nitrogens with one attached hydrogen (secondary N) is 2. The van der Waals surface area contributed by atoms with Gasteiger partial charge in [0.05, 0.1) is 10.4 Å². The molecule has 0 radical (unpaired) electrons. The van der Waals surface area contributed by atoms with Crippen LogP contribution in [0.1, 0.15) is 32.8 Å². The van der Waals surface area contributed by atoms with Crippen molar-refractivity contribution in [2.75, 3.05) is 16.6 Å². The quantitative estimate of drug-likeness (QED) is 0.866. The van der Waals surface area contributed by atoms with Crippen LogP contribution in [0, 0.1) is 0 Å². The first kappa shape index (κ1) is 13.2. The van der Waals surface area contributed by atoms with E-state index >= 15 is 0 Å². The fourth-order valence-corrected chi connectivity index (χ4v) is 2.58. The van der Waals surface area contributed by atoms with Gasteiger partial charge in [-0.1, -0.05) is 6.07 Å². The van der Waals surface area contributed by atoms with Crippen molar-refractivity contribution >= 4 is 21.4 Å². The van der Waals surface area contributed by atoms with Crippen molar-refractivity contribution < 1.29 is 8.42 Å². The summed E-state index contributed by atoms with van der Waals surface area (Å²) in [7, 11) is -3.36. The predicted octanol–water partition coefficient (Wildman–Crippen LogP) is 2.58. The van der Waals surface area contributed by atoms with Crippen molar-refractivity contribution in [1.82, 2.24) is 0 Å². The molecule has 4 nitrogen and oxygen atoms in total. The Bertz CT molecular complexity index is 545. The van der Waals surface area contributed by atoms with Crippen LogP contribution in [0.4, 0.5) is 11.4 Å². The molecule has 1 aliphatic rings. The van der Waals surface area contributed by atoms with E-state index in [9.17, 15) is 8.42 Å². The molecule has 0 fully saturated rings. The van der Waals surface area contributed by atoms with Crippen LogP contribution in [0.15, 0.2) is 18.2 Å². The van der Waals surface area contributed by atoms with Crippen LogP contribution in [-0.2, 0) is 16.4 Å². The van der Waals surface area contributed by atoms with Gasteiger partial charge >= 0.3 is 0 Å². The summed E-state index contributed by atoms with van der Waals surface area (Å²) in [5, 5.41) is 3.29. The van der Waals surface area contributed by atoms with Crippen LogP contribution in [0.5, 0.6) is 0 Å². The van der Waals surface area contributed by atoms with Crippen LogP contribution >= 0.6 is 0 Å². The largest absolute Gasteiger partial charge is 0.385 e. The van der Waals surface area contributed by atoms with Gasteiger partial charge in [-0.3, -0.25) is 4.72 Å². The summed E-state index contributed by atoms with van der Waals surface area (Å²) in [5.74, 6) is 0. The Balaban J connectivity index is 2.26. The lowest BCUT2D eigenvalue weighted by Crippen LogP contribution is -2.33. The molecule has 0 unspecified atom stereocenters. The highest BCUT2D eigenvalue weighted by molar-refractivity contribution is 7.94. The highest BCUT2D eigenvalue weighted by Gasteiger charge is 2.29. The van der Waals surface area contributed by atoms with Crippen LogP contribution in [-0.4, -0.2) is 19.7 Å². The molecule has 0 amide bonds. The first-order chi connectivity index (χ1) is 8.29. The molecule has 0 atom stereocenters. The van der Waals surface area contributed by atoms with Gasteiger partial charge in [-0.15, -0.1) is 0 Å². The van der Waals surface area contributed by atoms with Crippen LogP contribution < -0.4 is 10.0 Å². The van der Waals surface area contributed by atoms with E-state index in [0.29, 0.717) is 5.69 Å². The third-order valence-corrected chi connectivity index (χ3v) is 5.22. The first-order valence-electron chi connectivity index (χ1n) is 6.19. The van der Waals surface area contributed by atoms with Crippen LogP contribution in [0.2, 0.25) is 0 Å². The first-order valence-corrected chi connectivity index (χ1v) is 7.67. The monoisotopic (exact) mass is 268 g/mol. The van der Waals surface area contributed by atoms with E-state index in [1.165, 1.54) is 5.56 Å². The summed E-state index contributed by atoms with van der Waals surface area (Å²) in [6, 6.07) is 5.69. The molecule has 0 saturated heterocycles. The van der Waals surface area contributed by atoms with E-state index in [-0.39, 0.29) is 0 Å². The molecule has 0 bridgehead atoms. The van der Waals surface area contributed by atoms with Crippen molar-refractivity contribution in [3.8, 4) is 0 Å². The molecule has 2 N–H and O–H groups in total. The van der Waals surface area contributed by atoms with Gasteiger partial charge in [0.25, 0.3) is 0 Å². The summed E-state index contributed by atoms with van der Waals surface area (Å²) in [6.45, 7) is 6.01. The number of sulfonamides is 1. The number of rotatable bonds is 2. The number of hydrogen-bond acceptors (Lipinski definition) is 3. The second kappa shape index (κ2) is 4.46. The van der Waals surface area contributed by atoms with E-state index in [2.05, 4.69) is 10.0 Å². The van der Waals surface area contributed by atoms with Crippen molar-refractivity contribution in [2.24, 2.45) is 0 Å². The molecule has 100 valence electrons. The van der Waals surface area contributed by atoms with Gasteiger partial charge in [-0.05, 0) is 51.3 Å². The lowest BCUT2D eigenvalue weighted by Gasteiger charge is -2.22. The van der Waals surface area contributed by atoms with Crippen LogP contribution in [0.25, 0.3) is 0 Å². The van der Waals surface area contributed by atoms with E-state index in [1.807, 2.05) is 18.2 Å². The third-order valence-electron chi connectivity index (χ3n) is 3.11. The maximum absolute atomic E-state index is 12.1. The molecule has 1 aromatic rings. The van der Waals surface area contributed by atoms with Gasteiger partial charge in [-0.2, -0.15) is 0 Å². The van der Waals surface area contributed by atoms with Crippen molar-refractivity contribution in [2.45, 2.75) is 38.4 Å². The fourth-order valence-electron chi connectivity index (χ4n) is 1.83. The second-order valence-electron chi connectivity index (χ2n) is 5.62. The maximum Gasteiger partial charge on any atom is 0.237 e. The predicted molar refractivity (Wildman–Crippen MR) is 75.5 cm³/mol. The molecule has 1 aliphatic heterocycles. The summed E-state index contributed by atoms with van der Waals surface area (Å²) >= 11 is 0. The Morgan fingerprint density at radius 2 is 2.00 bits per heavy atom. The minimum Gasteiger partial charge on any atom is -0.385 e. The van der Waals surface area contributed by atoms with Crippen molar-refractivity contribution in [1.29, 1.82) is 0 Å². The average Bonchev–Trinajstić information content (AvgIpc) is 2.27. The Kier molecular flexibility index (Phi) is 3.27. The van der Waals surface area contributed by atoms with E-state index in [0.717, 1.165) is 25.1 Å². The SMILES string of the molecule is CC(C)(C)S(=O)(=O)Nc1ccc2c(c1)NCCC2. The third kappa shape index (κ3) is 2.61. The number of hydrogen-bond donors (Lipinski definition) is 2. The van der Waals surface area contributed by atoms with E-state index in [1.54, 1.807) is 20.8 Å². The van der Waals surface area contributed by atoms with Gasteiger partial charge in [0.1, 0.15) is 0 Å². The lowest BCUT2D eigenvalue weighted by molar-refractivity contribution is 0.566. The summed E-state index contributed by atoms with van der Waals surface area (Å²) in [6.07, 6.45) is 2.18. The maximum atomic E-state index is 12.1. The minimum atomic E-state index is -3.36. The van der Waals surface area contributed by atoms with E-state index < -0.39 is 14.8 Å². The second-order valence-corrected chi connectivity index (χ2v) is 8.06. The Morgan fingerprint density at radius 3 is 2.67 bits per heavy atom. The number of anilines is 2. The van der Waals surface area contributed by atoms with Crippen LogP contribution in [0.3, 0.4) is 0 Å². The lowest BCUT2D eigenvalue weighted by atomic mass is 10.0. The molecular weight excluding hydrogens is 248 g/mol. The zero-order valence-corrected chi connectivity index (χ0v) is 11.9. The number of aryl methyl sites for hydroxylation is 1. The van der Waals surface area contributed by atoms with Gasteiger partial charge in [0, 0.05) is 12.2 Å². The highest BCUT2D eigenvalue weighted by Crippen LogP contribution is 2.27. The van der Waals surface area contributed by atoms with Crippen molar-refractivity contribution in [3.05, 3.63) is 23.8 Å². The smallest absolute Gasteiger partial charge is 0.237 e. The molecule has 0 aromatic heterocycles. The number of fused-ring (bicyclic) bond motifs is 1. The summed E-state index contributed by atoms with van der Waals surface area (Å²) in [4.78, 5) is 0. The summed E-state index contributed by atoms with van der Waals surface area (Å²) in [5.41, 5.74) is 2.91. The molecule has 18 heavy (non-hydrogen) atoms. The standard InChI is InChI=1S/C13H20N2O2S/c1-13(2,3)18(16,17)15-11-7-6-10-5-4-8-14-12(10)9-11/h6-7,9,14-15H,4-5,8H2,1-3H3. The van der Waals surface area contributed by atoms with Gasteiger partial charge in [0.2, 0.25) is 10.0 Å². The zero-order chi connectivity index (χ0) is 13.4. The molecule has 2 rings (SSSR count). The molecule has 1 aromatic carbocycles. The van der Waals surface area contributed by atoms with Gasteiger partial charge < -0.3 is 5.32 Å².